The molecule has 1 saturated heterocycles. The summed E-state index contributed by atoms with van der Waals surface area (Å²) in [7, 11) is 2.01. The predicted molar refractivity (Wildman–Crippen MR) is 82.4 cm³/mol. The zero-order valence-electron chi connectivity index (χ0n) is 12.8. The van der Waals surface area contributed by atoms with Gasteiger partial charge in [0.05, 0.1) is 22.5 Å². The first-order valence-corrected chi connectivity index (χ1v) is 8.10. The molecule has 1 fully saturated rings. The van der Waals surface area contributed by atoms with Crippen LogP contribution in [0.4, 0.5) is 0 Å². The highest BCUT2D eigenvalue weighted by Crippen LogP contribution is 2.25. The minimum Gasteiger partial charge on any atom is -0.378 e. The highest BCUT2D eigenvalue weighted by Gasteiger charge is 2.23. The molecule has 1 aliphatic rings. The lowest BCUT2D eigenvalue weighted by atomic mass is 10.0. The van der Waals surface area contributed by atoms with Gasteiger partial charge in [-0.05, 0) is 39.7 Å². The Morgan fingerprint density at radius 2 is 2.30 bits per heavy atom. The third kappa shape index (κ3) is 3.54. The van der Waals surface area contributed by atoms with Crippen molar-refractivity contribution in [3.05, 3.63) is 16.4 Å². The van der Waals surface area contributed by atoms with Gasteiger partial charge >= 0.3 is 0 Å². The average Bonchev–Trinajstić information content (AvgIpc) is 3.07. The Kier molecular flexibility index (Phi) is 5.87. The molecule has 4 nitrogen and oxygen atoms in total. The summed E-state index contributed by atoms with van der Waals surface area (Å²) in [5.41, 5.74) is 2.17. The molecule has 2 rings (SSSR count). The van der Waals surface area contributed by atoms with Crippen LogP contribution >= 0.6 is 11.6 Å². The first kappa shape index (κ1) is 15.8. The minimum atomic E-state index is 0.391. The molecule has 0 amide bonds. The van der Waals surface area contributed by atoms with Crippen LogP contribution < -0.4 is 5.32 Å². The third-order valence-electron chi connectivity index (χ3n) is 4.11. The van der Waals surface area contributed by atoms with E-state index in [4.69, 9.17) is 16.3 Å². The number of halogens is 1. The van der Waals surface area contributed by atoms with E-state index in [1.165, 1.54) is 12.8 Å². The summed E-state index contributed by atoms with van der Waals surface area (Å²) < 4.78 is 7.78. The molecular formula is C15H26ClN3O. The number of aromatic nitrogens is 2. The standard InChI is InChI=1S/C15H26ClN3O/c1-4-13-15(16)14(19(5-2)18-13)10-11(17-3)9-12-7-6-8-20-12/h11-12,17H,4-10H2,1-3H3. The van der Waals surface area contributed by atoms with Crippen LogP contribution in [0.3, 0.4) is 0 Å². The number of nitrogens with zero attached hydrogens (tertiary/aromatic N) is 2. The quantitative estimate of drug-likeness (QED) is 0.841. The summed E-state index contributed by atoms with van der Waals surface area (Å²) in [5, 5.41) is 8.84. The van der Waals surface area contributed by atoms with E-state index in [-0.39, 0.29) is 0 Å². The lowest BCUT2D eigenvalue weighted by molar-refractivity contribution is 0.0952. The molecule has 2 heterocycles. The maximum Gasteiger partial charge on any atom is 0.0850 e. The van der Waals surface area contributed by atoms with Gasteiger partial charge < -0.3 is 10.1 Å². The van der Waals surface area contributed by atoms with E-state index in [1.54, 1.807) is 0 Å². The largest absolute Gasteiger partial charge is 0.378 e. The Hall–Kier alpha value is -0.580. The van der Waals surface area contributed by atoms with E-state index in [0.29, 0.717) is 12.1 Å². The molecule has 114 valence electrons. The second kappa shape index (κ2) is 7.43. The zero-order chi connectivity index (χ0) is 14.5. The van der Waals surface area contributed by atoms with Gasteiger partial charge in [-0.25, -0.2) is 0 Å². The Morgan fingerprint density at radius 3 is 2.85 bits per heavy atom. The average molecular weight is 300 g/mol. The van der Waals surface area contributed by atoms with Crippen LogP contribution in [-0.4, -0.2) is 35.6 Å². The van der Waals surface area contributed by atoms with Gasteiger partial charge in [-0.3, -0.25) is 4.68 Å². The smallest absolute Gasteiger partial charge is 0.0850 e. The monoisotopic (exact) mass is 299 g/mol. The van der Waals surface area contributed by atoms with E-state index >= 15 is 0 Å². The fraction of sp³-hybridized carbons (Fsp3) is 0.800. The first-order chi connectivity index (χ1) is 9.69. The molecule has 1 aromatic heterocycles. The van der Waals surface area contributed by atoms with Crippen molar-refractivity contribution in [2.75, 3.05) is 13.7 Å². The molecular weight excluding hydrogens is 274 g/mol. The van der Waals surface area contributed by atoms with Crippen molar-refractivity contribution in [1.29, 1.82) is 0 Å². The molecule has 20 heavy (non-hydrogen) atoms. The number of hydrogen-bond donors (Lipinski definition) is 1. The molecule has 0 bridgehead atoms. The van der Waals surface area contributed by atoms with Crippen LogP contribution in [0.1, 0.15) is 44.5 Å². The summed E-state index contributed by atoms with van der Waals surface area (Å²) in [6.45, 7) is 5.99. The second-order valence-electron chi connectivity index (χ2n) is 5.44. The number of aryl methyl sites for hydroxylation is 2. The maximum absolute atomic E-state index is 6.48. The molecule has 1 N–H and O–H groups in total. The molecule has 0 radical (unpaired) electrons. The Morgan fingerprint density at radius 1 is 1.50 bits per heavy atom. The van der Waals surface area contributed by atoms with E-state index in [0.717, 1.165) is 48.8 Å². The predicted octanol–water partition coefficient (Wildman–Crippen LogP) is 2.82. The lowest BCUT2D eigenvalue weighted by Crippen LogP contribution is -2.32. The maximum atomic E-state index is 6.48. The molecule has 0 saturated carbocycles. The summed E-state index contributed by atoms with van der Waals surface area (Å²) in [5.74, 6) is 0. The van der Waals surface area contributed by atoms with Crippen LogP contribution in [-0.2, 0) is 24.1 Å². The van der Waals surface area contributed by atoms with Gasteiger partial charge in [0.15, 0.2) is 0 Å². The van der Waals surface area contributed by atoms with Crippen molar-refractivity contribution in [2.45, 2.75) is 64.6 Å². The molecule has 0 aliphatic carbocycles. The second-order valence-corrected chi connectivity index (χ2v) is 5.82. The van der Waals surface area contributed by atoms with Gasteiger partial charge in [-0.15, -0.1) is 0 Å². The summed E-state index contributed by atoms with van der Waals surface area (Å²) in [6.07, 6.45) is 5.61. The van der Waals surface area contributed by atoms with Crippen LogP contribution in [0.15, 0.2) is 0 Å². The number of likely N-dealkylation sites (N-methyl/N-ethyl adjacent to an activating group) is 1. The van der Waals surface area contributed by atoms with E-state index in [9.17, 15) is 0 Å². The van der Waals surface area contributed by atoms with E-state index < -0.39 is 0 Å². The van der Waals surface area contributed by atoms with Crippen molar-refractivity contribution in [1.82, 2.24) is 15.1 Å². The third-order valence-corrected chi connectivity index (χ3v) is 4.55. The molecule has 2 unspecified atom stereocenters. The van der Waals surface area contributed by atoms with Crippen molar-refractivity contribution in [3.63, 3.8) is 0 Å². The molecule has 0 aromatic carbocycles. The fourth-order valence-corrected chi connectivity index (χ4v) is 3.24. The van der Waals surface area contributed by atoms with Crippen molar-refractivity contribution < 1.29 is 4.74 Å². The molecule has 1 aromatic rings. The summed E-state index contributed by atoms with van der Waals surface area (Å²) in [4.78, 5) is 0. The molecule has 1 aliphatic heterocycles. The SMILES string of the molecule is CCc1nn(CC)c(CC(CC2CCCO2)NC)c1Cl. The zero-order valence-corrected chi connectivity index (χ0v) is 13.5. The Labute approximate surface area is 126 Å². The van der Waals surface area contributed by atoms with Gasteiger partial charge in [-0.1, -0.05) is 18.5 Å². The number of hydrogen-bond acceptors (Lipinski definition) is 3. The lowest BCUT2D eigenvalue weighted by Gasteiger charge is -2.20. The minimum absolute atomic E-state index is 0.391. The highest BCUT2D eigenvalue weighted by molar-refractivity contribution is 6.31. The van der Waals surface area contributed by atoms with Gasteiger partial charge in [-0.2, -0.15) is 5.10 Å². The number of ether oxygens (including phenoxy) is 1. The summed E-state index contributed by atoms with van der Waals surface area (Å²) in [6, 6.07) is 0.391. The molecule has 2 atom stereocenters. The molecule has 5 heteroatoms. The van der Waals surface area contributed by atoms with Gasteiger partial charge in [0.25, 0.3) is 0 Å². The van der Waals surface area contributed by atoms with Crippen LogP contribution in [0, 0.1) is 0 Å². The number of rotatable bonds is 7. The van der Waals surface area contributed by atoms with Gasteiger partial charge in [0, 0.05) is 25.6 Å². The van der Waals surface area contributed by atoms with Crippen molar-refractivity contribution in [3.8, 4) is 0 Å². The highest BCUT2D eigenvalue weighted by atomic mass is 35.5. The summed E-state index contributed by atoms with van der Waals surface area (Å²) >= 11 is 6.48. The van der Waals surface area contributed by atoms with Crippen molar-refractivity contribution in [2.24, 2.45) is 0 Å². The van der Waals surface area contributed by atoms with Gasteiger partial charge in [0.2, 0.25) is 0 Å². The normalized spacial score (nSPS) is 20.5. The van der Waals surface area contributed by atoms with Crippen LogP contribution in [0.25, 0.3) is 0 Å². The Balaban J connectivity index is 2.07. The topological polar surface area (TPSA) is 39.1 Å². The van der Waals surface area contributed by atoms with Crippen LogP contribution in [0.5, 0.6) is 0 Å². The number of nitrogens with one attached hydrogen (secondary N) is 1. The Bertz CT molecular complexity index is 427. The van der Waals surface area contributed by atoms with E-state index in [2.05, 4.69) is 24.3 Å². The van der Waals surface area contributed by atoms with Crippen molar-refractivity contribution >= 4 is 11.6 Å². The van der Waals surface area contributed by atoms with Crippen LogP contribution in [0.2, 0.25) is 5.02 Å². The first-order valence-electron chi connectivity index (χ1n) is 7.72. The molecule has 0 spiro atoms. The van der Waals surface area contributed by atoms with Gasteiger partial charge in [0.1, 0.15) is 0 Å². The van der Waals surface area contributed by atoms with E-state index in [1.807, 2.05) is 11.7 Å². The fourth-order valence-electron chi connectivity index (χ4n) is 2.90.